The zero-order chi connectivity index (χ0) is 18.4. The van der Waals surface area contributed by atoms with Crippen molar-refractivity contribution in [2.24, 2.45) is 4.99 Å². The molecular weight excluding hydrogens is 476 g/mol. The third-order valence-corrected chi connectivity index (χ3v) is 4.75. The van der Waals surface area contributed by atoms with E-state index in [1.54, 1.807) is 34.4 Å². The number of benzene rings is 1. The van der Waals surface area contributed by atoms with Gasteiger partial charge in [-0.15, -0.1) is 35.3 Å². The zero-order valence-corrected chi connectivity index (χ0v) is 18.4. The van der Waals surface area contributed by atoms with Crippen molar-refractivity contribution in [1.29, 1.82) is 0 Å². The van der Waals surface area contributed by atoms with E-state index in [1.807, 2.05) is 31.4 Å². The summed E-state index contributed by atoms with van der Waals surface area (Å²) in [6, 6.07) is 9.29. The standard InChI is InChI=1S/C19H22FN5S.HI/c1-3-21-19(24-13-16-5-4-10-26-16)23-12-15-6-7-18(17(20)11-15)25-9-8-22-14(25)2;/h4-11H,3,12-13H2,1-2H3,(H2,21,23,24);1H. The molecule has 0 fully saturated rings. The Morgan fingerprint density at radius 3 is 2.78 bits per heavy atom. The van der Waals surface area contributed by atoms with Gasteiger partial charge in [0.1, 0.15) is 11.6 Å². The summed E-state index contributed by atoms with van der Waals surface area (Å²) in [7, 11) is 0. The van der Waals surface area contributed by atoms with Gasteiger partial charge in [0.15, 0.2) is 5.96 Å². The SMILES string of the molecule is CCNC(=NCc1ccc(-n2ccnc2C)c(F)c1)NCc1cccs1.I. The summed E-state index contributed by atoms with van der Waals surface area (Å²) in [5.74, 6) is 1.19. The molecule has 0 aliphatic rings. The van der Waals surface area contributed by atoms with Crippen molar-refractivity contribution in [2.45, 2.75) is 26.9 Å². The van der Waals surface area contributed by atoms with Gasteiger partial charge in [-0.25, -0.2) is 14.4 Å². The number of thiophene rings is 1. The van der Waals surface area contributed by atoms with E-state index in [1.165, 1.54) is 10.9 Å². The molecule has 1 aromatic carbocycles. The highest BCUT2D eigenvalue weighted by atomic mass is 127. The number of halogens is 2. The monoisotopic (exact) mass is 499 g/mol. The van der Waals surface area contributed by atoms with Gasteiger partial charge in [0.2, 0.25) is 0 Å². The molecule has 0 radical (unpaired) electrons. The van der Waals surface area contributed by atoms with Crippen LogP contribution in [0.5, 0.6) is 0 Å². The number of nitrogens with zero attached hydrogens (tertiary/aromatic N) is 3. The van der Waals surface area contributed by atoms with Crippen LogP contribution >= 0.6 is 35.3 Å². The molecule has 2 N–H and O–H groups in total. The average Bonchev–Trinajstić information content (AvgIpc) is 3.29. The van der Waals surface area contributed by atoms with E-state index in [2.05, 4.69) is 26.7 Å². The quantitative estimate of drug-likeness (QED) is 0.303. The predicted octanol–water partition coefficient (Wildman–Crippen LogP) is 4.25. The Morgan fingerprint density at radius 1 is 1.30 bits per heavy atom. The van der Waals surface area contributed by atoms with Crippen LogP contribution in [-0.4, -0.2) is 22.1 Å². The highest BCUT2D eigenvalue weighted by Gasteiger charge is 2.08. The first kappa shape index (κ1) is 21.4. The fraction of sp³-hybridized carbons (Fsp3) is 0.263. The molecule has 3 aromatic rings. The lowest BCUT2D eigenvalue weighted by atomic mass is 10.2. The summed E-state index contributed by atoms with van der Waals surface area (Å²) < 4.78 is 16.2. The van der Waals surface area contributed by atoms with Gasteiger partial charge in [-0.1, -0.05) is 12.1 Å². The molecule has 0 saturated heterocycles. The van der Waals surface area contributed by atoms with Crippen molar-refractivity contribution in [1.82, 2.24) is 20.2 Å². The van der Waals surface area contributed by atoms with Gasteiger partial charge in [-0.2, -0.15) is 0 Å². The van der Waals surface area contributed by atoms with Crippen LogP contribution in [0.2, 0.25) is 0 Å². The predicted molar refractivity (Wildman–Crippen MR) is 120 cm³/mol. The third-order valence-electron chi connectivity index (χ3n) is 3.87. The number of imidazole rings is 1. The normalized spacial score (nSPS) is 11.1. The number of hydrogen-bond acceptors (Lipinski definition) is 3. The Hall–Kier alpha value is -1.94. The molecule has 2 heterocycles. The highest BCUT2D eigenvalue weighted by Crippen LogP contribution is 2.17. The largest absolute Gasteiger partial charge is 0.357 e. The van der Waals surface area contributed by atoms with Crippen molar-refractivity contribution in [2.75, 3.05) is 6.54 Å². The molecule has 0 spiro atoms. The molecule has 0 aliphatic carbocycles. The fourth-order valence-electron chi connectivity index (χ4n) is 2.57. The molecule has 0 atom stereocenters. The molecule has 0 amide bonds. The molecule has 0 bridgehead atoms. The lowest BCUT2D eigenvalue weighted by Gasteiger charge is -2.11. The first-order chi connectivity index (χ1) is 12.7. The molecule has 8 heteroatoms. The van der Waals surface area contributed by atoms with Crippen LogP contribution in [0.25, 0.3) is 5.69 Å². The van der Waals surface area contributed by atoms with Crippen LogP contribution in [0.15, 0.2) is 53.1 Å². The second-order valence-electron chi connectivity index (χ2n) is 5.76. The van der Waals surface area contributed by atoms with Crippen LogP contribution in [0.4, 0.5) is 4.39 Å². The minimum absolute atomic E-state index is 0. The van der Waals surface area contributed by atoms with Crippen molar-refractivity contribution in [3.63, 3.8) is 0 Å². The lowest BCUT2D eigenvalue weighted by molar-refractivity contribution is 0.614. The number of guanidine groups is 1. The van der Waals surface area contributed by atoms with Crippen molar-refractivity contribution < 1.29 is 4.39 Å². The Kier molecular flexibility index (Phi) is 8.23. The van der Waals surface area contributed by atoms with Gasteiger partial charge in [-0.3, -0.25) is 0 Å². The Morgan fingerprint density at radius 2 is 2.15 bits per heavy atom. The van der Waals surface area contributed by atoms with Gasteiger partial charge in [0.05, 0.1) is 18.8 Å². The number of aromatic nitrogens is 2. The van der Waals surface area contributed by atoms with Crippen molar-refractivity contribution in [3.8, 4) is 5.69 Å². The fourth-order valence-corrected chi connectivity index (χ4v) is 3.22. The van der Waals surface area contributed by atoms with Crippen molar-refractivity contribution in [3.05, 3.63) is 70.2 Å². The Labute approximate surface area is 179 Å². The smallest absolute Gasteiger partial charge is 0.191 e. The van der Waals surface area contributed by atoms with E-state index >= 15 is 0 Å². The second-order valence-corrected chi connectivity index (χ2v) is 6.79. The summed E-state index contributed by atoms with van der Waals surface area (Å²) in [6.45, 7) is 5.75. The first-order valence-electron chi connectivity index (χ1n) is 8.50. The molecule has 3 rings (SSSR count). The second kappa shape index (κ2) is 10.4. The molecule has 0 aliphatic heterocycles. The maximum Gasteiger partial charge on any atom is 0.191 e. The van der Waals surface area contributed by atoms with Crippen molar-refractivity contribution >= 4 is 41.3 Å². The highest BCUT2D eigenvalue weighted by molar-refractivity contribution is 14.0. The topological polar surface area (TPSA) is 54.2 Å². The number of nitrogens with one attached hydrogen (secondary N) is 2. The number of aryl methyl sites for hydroxylation is 1. The van der Waals surface area contributed by atoms with Gasteiger partial charge in [0, 0.05) is 23.8 Å². The van der Waals surface area contributed by atoms with E-state index in [4.69, 9.17) is 0 Å². The molecule has 2 aromatic heterocycles. The van der Waals surface area contributed by atoms with Gasteiger partial charge in [0.25, 0.3) is 0 Å². The Bertz CT molecular complexity index is 876. The lowest BCUT2D eigenvalue weighted by Crippen LogP contribution is -2.36. The summed E-state index contributed by atoms with van der Waals surface area (Å²) >= 11 is 1.70. The molecule has 27 heavy (non-hydrogen) atoms. The minimum Gasteiger partial charge on any atom is -0.357 e. The summed E-state index contributed by atoms with van der Waals surface area (Å²) in [5, 5.41) is 8.55. The molecule has 5 nitrogen and oxygen atoms in total. The number of rotatable bonds is 6. The van der Waals surface area contributed by atoms with Crippen LogP contribution in [0.1, 0.15) is 23.2 Å². The Balaban J connectivity index is 0.00000261. The maximum atomic E-state index is 14.5. The first-order valence-corrected chi connectivity index (χ1v) is 9.38. The van der Waals surface area contributed by atoms with Crippen LogP contribution in [-0.2, 0) is 13.1 Å². The van der Waals surface area contributed by atoms with E-state index in [-0.39, 0.29) is 29.8 Å². The van der Waals surface area contributed by atoms with E-state index in [0.717, 1.165) is 30.4 Å². The molecule has 0 saturated carbocycles. The van der Waals surface area contributed by atoms with Gasteiger partial charge in [-0.05, 0) is 43.0 Å². The summed E-state index contributed by atoms with van der Waals surface area (Å²) in [6.07, 6.45) is 3.41. The maximum absolute atomic E-state index is 14.5. The summed E-state index contributed by atoms with van der Waals surface area (Å²) in [4.78, 5) is 9.92. The van der Waals surface area contributed by atoms with E-state index in [0.29, 0.717) is 12.2 Å². The van der Waals surface area contributed by atoms with Gasteiger partial charge >= 0.3 is 0 Å². The van der Waals surface area contributed by atoms with E-state index < -0.39 is 0 Å². The number of aliphatic imine (C=N–C) groups is 1. The van der Waals surface area contributed by atoms with Crippen LogP contribution < -0.4 is 10.6 Å². The average molecular weight is 499 g/mol. The van der Waals surface area contributed by atoms with Crippen LogP contribution in [0.3, 0.4) is 0 Å². The zero-order valence-electron chi connectivity index (χ0n) is 15.3. The van der Waals surface area contributed by atoms with Gasteiger partial charge < -0.3 is 15.2 Å². The number of hydrogen-bond donors (Lipinski definition) is 2. The van der Waals surface area contributed by atoms with Crippen LogP contribution in [0, 0.1) is 12.7 Å². The van der Waals surface area contributed by atoms with E-state index in [9.17, 15) is 4.39 Å². The molecule has 144 valence electrons. The molecule has 0 unspecified atom stereocenters. The third kappa shape index (κ3) is 5.77. The molecular formula is C19H23FIN5S. The minimum atomic E-state index is -0.282. The summed E-state index contributed by atoms with van der Waals surface area (Å²) in [5.41, 5.74) is 1.31.